The summed E-state index contributed by atoms with van der Waals surface area (Å²) < 4.78 is 11.4. The molecule has 0 saturated carbocycles. The number of aromatic nitrogens is 1. The van der Waals surface area contributed by atoms with Gasteiger partial charge in [0.2, 0.25) is 5.91 Å². The fraction of sp³-hybridized carbons (Fsp3) is 0.440. The molecule has 3 aromatic rings. The van der Waals surface area contributed by atoms with E-state index in [1.54, 1.807) is 0 Å². The fourth-order valence-electron chi connectivity index (χ4n) is 4.59. The average Bonchev–Trinajstić information content (AvgIpc) is 3.29. The van der Waals surface area contributed by atoms with Gasteiger partial charge < -0.3 is 24.3 Å². The second-order valence-corrected chi connectivity index (χ2v) is 8.60. The van der Waals surface area contributed by atoms with E-state index in [9.17, 15) is 4.79 Å². The number of carbonyl (C=O) groups excluding carboxylic acids is 1. The quantitative estimate of drug-likeness (QED) is 0.635. The summed E-state index contributed by atoms with van der Waals surface area (Å²) in [6.07, 6.45) is 2.64. The number of para-hydroxylation sites is 2. The number of carbonyl (C=O) groups is 1. The molecule has 3 heterocycles. The minimum atomic E-state index is 0.0492. The third-order valence-corrected chi connectivity index (χ3v) is 6.35. The van der Waals surface area contributed by atoms with Crippen molar-refractivity contribution in [2.75, 3.05) is 56.2 Å². The molecule has 7 nitrogen and oxygen atoms in total. The van der Waals surface area contributed by atoms with Gasteiger partial charge in [0.1, 0.15) is 5.52 Å². The molecule has 2 fully saturated rings. The number of nitrogens with one attached hydrogen (secondary N) is 1. The molecule has 1 unspecified atom stereocenters. The molecule has 0 radical (unpaired) electrons. The second kappa shape index (κ2) is 9.71. The first-order valence-electron chi connectivity index (χ1n) is 11.5. The van der Waals surface area contributed by atoms with Crippen LogP contribution in [0.4, 0.5) is 11.4 Å². The van der Waals surface area contributed by atoms with Crippen molar-refractivity contribution < 1.29 is 13.9 Å². The zero-order valence-electron chi connectivity index (χ0n) is 18.3. The topological polar surface area (TPSA) is 70.8 Å². The number of oxazole rings is 1. The summed E-state index contributed by atoms with van der Waals surface area (Å²) >= 11 is 0. The van der Waals surface area contributed by atoms with Crippen LogP contribution in [0.15, 0.2) is 52.9 Å². The largest absolute Gasteiger partial charge is 0.440 e. The van der Waals surface area contributed by atoms with Crippen LogP contribution in [-0.2, 0) is 9.53 Å². The molecule has 168 valence electrons. The van der Waals surface area contributed by atoms with Crippen LogP contribution in [0.2, 0.25) is 0 Å². The number of benzene rings is 2. The smallest absolute Gasteiger partial charge is 0.225 e. The number of morpholine rings is 1. The Morgan fingerprint density at radius 1 is 1.06 bits per heavy atom. The molecule has 7 heteroatoms. The highest BCUT2D eigenvalue weighted by Crippen LogP contribution is 2.29. The maximum absolute atomic E-state index is 12.5. The minimum Gasteiger partial charge on any atom is -0.440 e. The van der Waals surface area contributed by atoms with Crippen molar-refractivity contribution in [1.82, 2.24) is 9.88 Å². The van der Waals surface area contributed by atoms with E-state index in [2.05, 4.69) is 32.2 Å². The lowest BCUT2D eigenvalue weighted by Crippen LogP contribution is -2.36. The van der Waals surface area contributed by atoms with Gasteiger partial charge in [-0.25, -0.2) is 4.98 Å². The standard InChI is InChI=1S/C25H30N4O3/c30-24(26-20-7-9-21(10-8-20)29-14-16-31-17-15-29)11-13-28-12-3-4-19(18-28)25-27-22-5-1-2-6-23(22)32-25/h1-2,5-10,19H,3-4,11-18H2,(H,26,30). The SMILES string of the molecule is O=C(CCN1CCCC(c2nc3ccccc3o2)C1)Nc1ccc(N2CCOCC2)cc1. The van der Waals surface area contributed by atoms with Crippen LogP contribution in [0, 0.1) is 0 Å². The molecule has 1 atom stereocenters. The molecular formula is C25H30N4O3. The predicted octanol–water partition coefficient (Wildman–Crippen LogP) is 3.87. The zero-order valence-corrected chi connectivity index (χ0v) is 18.3. The van der Waals surface area contributed by atoms with Gasteiger partial charge in [-0.2, -0.15) is 0 Å². The van der Waals surface area contributed by atoms with Gasteiger partial charge in [-0.3, -0.25) is 4.79 Å². The van der Waals surface area contributed by atoms with Gasteiger partial charge in [0.05, 0.1) is 13.2 Å². The van der Waals surface area contributed by atoms with Gasteiger partial charge in [0.15, 0.2) is 11.5 Å². The molecule has 2 aliphatic heterocycles. The number of anilines is 2. The number of amides is 1. The first kappa shape index (κ1) is 21.0. The normalized spacial score (nSPS) is 19.9. The Hall–Kier alpha value is -2.90. The molecule has 0 aliphatic carbocycles. The van der Waals surface area contributed by atoms with Crippen LogP contribution in [0.5, 0.6) is 0 Å². The molecule has 0 spiro atoms. The van der Waals surface area contributed by atoms with Crippen molar-refractivity contribution in [1.29, 1.82) is 0 Å². The number of hydrogen-bond donors (Lipinski definition) is 1. The molecule has 1 amide bonds. The van der Waals surface area contributed by atoms with E-state index in [1.165, 1.54) is 5.69 Å². The lowest BCUT2D eigenvalue weighted by atomic mass is 9.98. The van der Waals surface area contributed by atoms with Gasteiger partial charge in [-0.05, 0) is 55.8 Å². The fourth-order valence-corrected chi connectivity index (χ4v) is 4.59. The number of fused-ring (bicyclic) bond motifs is 1. The summed E-state index contributed by atoms with van der Waals surface area (Å²) in [5.74, 6) is 1.15. The van der Waals surface area contributed by atoms with E-state index < -0.39 is 0 Å². The highest BCUT2D eigenvalue weighted by molar-refractivity contribution is 5.91. The highest BCUT2D eigenvalue weighted by Gasteiger charge is 2.25. The number of likely N-dealkylation sites (tertiary alicyclic amines) is 1. The van der Waals surface area contributed by atoms with Gasteiger partial charge in [0.25, 0.3) is 0 Å². The molecule has 5 rings (SSSR count). The molecule has 1 N–H and O–H groups in total. The molecular weight excluding hydrogens is 404 g/mol. The van der Waals surface area contributed by atoms with Crippen LogP contribution < -0.4 is 10.2 Å². The van der Waals surface area contributed by atoms with Crippen molar-refractivity contribution >= 4 is 28.4 Å². The molecule has 2 saturated heterocycles. The Morgan fingerprint density at radius 2 is 1.88 bits per heavy atom. The van der Waals surface area contributed by atoms with E-state index in [1.807, 2.05) is 36.4 Å². The van der Waals surface area contributed by atoms with Crippen molar-refractivity contribution in [2.24, 2.45) is 0 Å². The molecule has 32 heavy (non-hydrogen) atoms. The first-order valence-corrected chi connectivity index (χ1v) is 11.5. The van der Waals surface area contributed by atoms with E-state index >= 15 is 0 Å². The summed E-state index contributed by atoms with van der Waals surface area (Å²) in [6, 6.07) is 16.0. The number of rotatable bonds is 6. The van der Waals surface area contributed by atoms with Crippen molar-refractivity contribution in [2.45, 2.75) is 25.2 Å². The monoisotopic (exact) mass is 434 g/mol. The summed E-state index contributed by atoms with van der Waals surface area (Å²) in [4.78, 5) is 21.9. The number of piperidine rings is 1. The Kier molecular flexibility index (Phi) is 6.36. The van der Waals surface area contributed by atoms with Gasteiger partial charge >= 0.3 is 0 Å². The second-order valence-electron chi connectivity index (χ2n) is 8.60. The van der Waals surface area contributed by atoms with Crippen molar-refractivity contribution in [3.63, 3.8) is 0 Å². The maximum Gasteiger partial charge on any atom is 0.225 e. The minimum absolute atomic E-state index is 0.0492. The third kappa shape index (κ3) is 4.95. The molecule has 2 aromatic carbocycles. The van der Waals surface area contributed by atoms with E-state index in [0.717, 1.165) is 81.5 Å². The summed E-state index contributed by atoms with van der Waals surface area (Å²) in [6.45, 7) is 5.99. The van der Waals surface area contributed by atoms with Gasteiger partial charge in [-0.15, -0.1) is 0 Å². The highest BCUT2D eigenvalue weighted by atomic mass is 16.5. The number of hydrogen-bond acceptors (Lipinski definition) is 6. The van der Waals surface area contributed by atoms with E-state index in [4.69, 9.17) is 9.15 Å². The van der Waals surface area contributed by atoms with Crippen molar-refractivity contribution in [3.8, 4) is 0 Å². The molecule has 1 aromatic heterocycles. The lowest BCUT2D eigenvalue weighted by Gasteiger charge is -2.31. The van der Waals surface area contributed by atoms with Crippen LogP contribution >= 0.6 is 0 Å². The van der Waals surface area contributed by atoms with E-state index in [-0.39, 0.29) is 11.8 Å². The van der Waals surface area contributed by atoms with Crippen molar-refractivity contribution in [3.05, 3.63) is 54.4 Å². The summed E-state index contributed by atoms with van der Waals surface area (Å²) in [7, 11) is 0. The molecule has 2 aliphatic rings. The zero-order chi connectivity index (χ0) is 21.8. The molecule has 0 bridgehead atoms. The van der Waals surface area contributed by atoms with Crippen LogP contribution in [0.3, 0.4) is 0 Å². The maximum atomic E-state index is 12.5. The summed E-state index contributed by atoms with van der Waals surface area (Å²) in [5, 5.41) is 3.03. The first-order chi connectivity index (χ1) is 15.7. The van der Waals surface area contributed by atoms with Crippen LogP contribution in [0.1, 0.15) is 31.1 Å². The van der Waals surface area contributed by atoms with Crippen LogP contribution in [0.25, 0.3) is 11.1 Å². The lowest BCUT2D eigenvalue weighted by molar-refractivity contribution is -0.116. The van der Waals surface area contributed by atoms with Gasteiger partial charge in [0, 0.05) is 49.9 Å². The average molecular weight is 435 g/mol. The van der Waals surface area contributed by atoms with E-state index in [0.29, 0.717) is 6.42 Å². The Balaban J connectivity index is 1.11. The predicted molar refractivity (Wildman–Crippen MR) is 125 cm³/mol. The number of ether oxygens (including phenoxy) is 1. The Morgan fingerprint density at radius 3 is 2.69 bits per heavy atom. The Labute approximate surface area is 188 Å². The number of nitrogens with zero attached hydrogens (tertiary/aromatic N) is 3. The van der Waals surface area contributed by atoms with Crippen LogP contribution in [-0.4, -0.2) is 61.7 Å². The third-order valence-electron chi connectivity index (χ3n) is 6.35. The summed E-state index contributed by atoms with van der Waals surface area (Å²) in [5.41, 5.74) is 3.78. The Bertz CT molecular complexity index is 1010. The van der Waals surface area contributed by atoms with Gasteiger partial charge in [-0.1, -0.05) is 12.1 Å².